The Morgan fingerprint density at radius 2 is 1.82 bits per heavy atom. The number of carbonyl (C=O) groups is 3. The Kier molecular flexibility index (Phi) is 5.09. The summed E-state index contributed by atoms with van der Waals surface area (Å²) in [5, 5.41) is 2.32. The molecular formula is C21H20N2O4S. The molecule has 0 aliphatic carbocycles. The van der Waals surface area contributed by atoms with Crippen molar-refractivity contribution in [2.75, 3.05) is 0 Å². The Labute approximate surface area is 168 Å². The average Bonchev–Trinajstić information content (AvgIpc) is 3.04. The molecule has 1 saturated heterocycles. The molecule has 4 rings (SSSR count). The predicted octanol–water partition coefficient (Wildman–Crippen LogP) is 2.46. The second kappa shape index (κ2) is 7.67. The van der Waals surface area contributed by atoms with Gasteiger partial charge in [0, 0.05) is 23.3 Å². The van der Waals surface area contributed by atoms with E-state index >= 15 is 0 Å². The van der Waals surface area contributed by atoms with Crippen LogP contribution in [0, 0.1) is 0 Å². The van der Waals surface area contributed by atoms with Gasteiger partial charge < -0.3 is 9.64 Å². The van der Waals surface area contributed by atoms with Crippen molar-refractivity contribution < 1.29 is 19.1 Å². The molecule has 2 aliphatic heterocycles. The minimum Gasteiger partial charge on any atom is -0.489 e. The van der Waals surface area contributed by atoms with Crippen LogP contribution in [0.2, 0.25) is 0 Å². The second-order valence-corrected chi connectivity index (χ2v) is 7.26. The smallest absolute Gasteiger partial charge is 0.255 e. The van der Waals surface area contributed by atoms with Gasteiger partial charge in [-0.1, -0.05) is 30.3 Å². The van der Waals surface area contributed by atoms with Crippen LogP contribution in [-0.2, 0) is 28.5 Å². The Morgan fingerprint density at radius 3 is 2.54 bits per heavy atom. The molecule has 1 atom stereocenters. The predicted molar refractivity (Wildman–Crippen MR) is 106 cm³/mol. The highest BCUT2D eigenvalue weighted by molar-refractivity contribution is 7.79. The molecule has 6 nitrogen and oxygen atoms in total. The van der Waals surface area contributed by atoms with Crippen LogP contribution >= 0.6 is 12.6 Å². The molecule has 7 heteroatoms. The molecule has 0 aromatic heterocycles. The standard InChI is InChI=1S/C21H20N2O4S/c24-19-9-8-17(20(25)22-19)23-10-16-15(21(23)26)2-1-3-18(16)27-11-13-4-6-14(12-28)7-5-13/h1-7,17,28H,8-12H2,(H,22,24,25). The van der Waals surface area contributed by atoms with E-state index < -0.39 is 11.9 Å². The number of benzene rings is 2. The summed E-state index contributed by atoms with van der Waals surface area (Å²) in [7, 11) is 0. The van der Waals surface area contributed by atoms with Crippen LogP contribution in [0.25, 0.3) is 0 Å². The summed E-state index contributed by atoms with van der Waals surface area (Å²) >= 11 is 4.25. The zero-order valence-corrected chi connectivity index (χ0v) is 16.1. The van der Waals surface area contributed by atoms with Gasteiger partial charge in [-0.2, -0.15) is 12.6 Å². The fraction of sp³-hybridized carbons (Fsp3) is 0.286. The van der Waals surface area contributed by atoms with Gasteiger partial charge in [0.25, 0.3) is 5.91 Å². The van der Waals surface area contributed by atoms with Crippen molar-refractivity contribution in [3.8, 4) is 5.75 Å². The highest BCUT2D eigenvalue weighted by Crippen LogP contribution is 2.33. The van der Waals surface area contributed by atoms with Gasteiger partial charge in [-0.15, -0.1) is 0 Å². The molecule has 0 saturated carbocycles. The molecule has 1 N–H and O–H groups in total. The normalized spacial score (nSPS) is 18.8. The first-order valence-electron chi connectivity index (χ1n) is 9.15. The summed E-state index contributed by atoms with van der Waals surface area (Å²) in [6.07, 6.45) is 0.584. The van der Waals surface area contributed by atoms with E-state index in [0.29, 0.717) is 36.6 Å². The Morgan fingerprint density at radius 1 is 1.07 bits per heavy atom. The molecule has 1 fully saturated rings. The molecule has 144 valence electrons. The lowest BCUT2D eigenvalue weighted by molar-refractivity contribution is -0.136. The van der Waals surface area contributed by atoms with E-state index in [-0.39, 0.29) is 18.2 Å². The summed E-state index contributed by atoms with van der Waals surface area (Å²) in [6.45, 7) is 0.686. The first kappa shape index (κ1) is 18.6. The Hall–Kier alpha value is -2.80. The van der Waals surface area contributed by atoms with Gasteiger partial charge in [-0.3, -0.25) is 19.7 Å². The van der Waals surface area contributed by atoms with Crippen molar-refractivity contribution in [3.05, 3.63) is 64.7 Å². The Balaban J connectivity index is 1.50. The molecule has 2 aromatic rings. The molecule has 3 amide bonds. The molecule has 1 unspecified atom stereocenters. The van der Waals surface area contributed by atoms with Gasteiger partial charge in [0.15, 0.2) is 0 Å². The lowest BCUT2D eigenvalue weighted by Crippen LogP contribution is -2.52. The highest BCUT2D eigenvalue weighted by Gasteiger charge is 2.40. The fourth-order valence-electron chi connectivity index (χ4n) is 3.59. The van der Waals surface area contributed by atoms with E-state index in [1.54, 1.807) is 12.1 Å². The van der Waals surface area contributed by atoms with Crippen LogP contribution in [0.4, 0.5) is 0 Å². The van der Waals surface area contributed by atoms with Gasteiger partial charge in [0.1, 0.15) is 18.4 Å². The molecule has 0 radical (unpaired) electrons. The summed E-state index contributed by atoms with van der Waals surface area (Å²) in [5.74, 6) is 0.417. The van der Waals surface area contributed by atoms with Gasteiger partial charge in [-0.05, 0) is 29.7 Å². The van der Waals surface area contributed by atoms with Gasteiger partial charge in [-0.25, -0.2) is 0 Å². The maximum Gasteiger partial charge on any atom is 0.255 e. The monoisotopic (exact) mass is 396 g/mol. The third-order valence-electron chi connectivity index (χ3n) is 5.14. The largest absolute Gasteiger partial charge is 0.489 e. The summed E-state index contributed by atoms with van der Waals surface area (Å²) in [4.78, 5) is 37.9. The first-order valence-corrected chi connectivity index (χ1v) is 9.78. The number of thiol groups is 1. The number of fused-ring (bicyclic) bond motifs is 1. The number of piperidine rings is 1. The SMILES string of the molecule is O=C1CCC(N2Cc3c(OCc4ccc(CS)cc4)cccc3C2=O)C(=O)N1. The second-order valence-electron chi connectivity index (χ2n) is 6.95. The molecule has 2 heterocycles. The summed E-state index contributed by atoms with van der Waals surface area (Å²) in [6, 6.07) is 12.7. The number of nitrogens with zero attached hydrogens (tertiary/aromatic N) is 1. The Bertz CT molecular complexity index is 942. The molecule has 0 bridgehead atoms. The van der Waals surface area contributed by atoms with Crippen LogP contribution in [0.1, 0.15) is 39.9 Å². The van der Waals surface area contributed by atoms with Crippen molar-refractivity contribution in [1.29, 1.82) is 0 Å². The number of nitrogens with one attached hydrogen (secondary N) is 1. The first-order chi connectivity index (χ1) is 13.6. The van der Waals surface area contributed by atoms with Crippen molar-refractivity contribution >= 4 is 30.4 Å². The van der Waals surface area contributed by atoms with E-state index in [1.165, 1.54) is 4.90 Å². The van der Waals surface area contributed by atoms with E-state index in [1.807, 2.05) is 30.3 Å². The molecule has 28 heavy (non-hydrogen) atoms. The van der Waals surface area contributed by atoms with Crippen LogP contribution in [-0.4, -0.2) is 28.7 Å². The maximum absolute atomic E-state index is 12.8. The number of hydrogen-bond acceptors (Lipinski definition) is 5. The van der Waals surface area contributed by atoms with Gasteiger partial charge in [0.05, 0.1) is 6.54 Å². The molecule has 2 aromatic carbocycles. The topological polar surface area (TPSA) is 75.7 Å². The van der Waals surface area contributed by atoms with E-state index in [2.05, 4.69) is 17.9 Å². The maximum atomic E-state index is 12.8. The highest BCUT2D eigenvalue weighted by atomic mass is 32.1. The number of ether oxygens (including phenoxy) is 1. The third kappa shape index (κ3) is 3.49. The third-order valence-corrected chi connectivity index (χ3v) is 5.50. The van der Waals surface area contributed by atoms with Crippen LogP contribution in [0.5, 0.6) is 5.75 Å². The molecule has 2 aliphatic rings. The lowest BCUT2D eigenvalue weighted by atomic mass is 10.0. The number of amides is 3. The lowest BCUT2D eigenvalue weighted by Gasteiger charge is -2.29. The fourth-order valence-corrected chi connectivity index (χ4v) is 3.81. The minimum atomic E-state index is -0.626. The number of imide groups is 1. The van der Waals surface area contributed by atoms with E-state index in [0.717, 1.165) is 16.7 Å². The zero-order valence-electron chi connectivity index (χ0n) is 15.2. The molecular weight excluding hydrogens is 376 g/mol. The summed E-state index contributed by atoms with van der Waals surface area (Å²) in [5.41, 5.74) is 3.49. The van der Waals surface area contributed by atoms with Gasteiger partial charge in [0.2, 0.25) is 11.8 Å². The average molecular weight is 396 g/mol. The van der Waals surface area contributed by atoms with Crippen molar-refractivity contribution in [2.24, 2.45) is 0 Å². The van der Waals surface area contributed by atoms with E-state index in [4.69, 9.17) is 4.74 Å². The zero-order chi connectivity index (χ0) is 19.7. The van der Waals surface area contributed by atoms with Crippen LogP contribution in [0.3, 0.4) is 0 Å². The molecule has 0 spiro atoms. The number of carbonyl (C=O) groups excluding carboxylic acids is 3. The number of rotatable bonds is 5. The quantitative estimate of drug-likeness (QED) is 0.601. The van der Waals surface area contributed by atoms with Crippen molar-refractivity contribution in [3.63, 3.8) is 0 Å². The van der Waals surface area contributed by atoms with Crippen LogP contribution in [0.15, 0.2) is 42.5 Å². The number of hydrogen-bond donors (Lipinski definition) is 2. The van der Waals surface area contributed by atoms with Crippen molar-refractivity contribution in [1.82, 2.24) is 10.2 Å². The summed E-state index contributed by atoms with van der Waals surface area (Å²) < 4.78 is 5.98. The van der Waals surface area contributed by atoms with Gasteiger partial charge >= 0.3 is 0 Å². The van der Waals surface area contributed by atoms with E-state index in [9.17, 15) is 14.4 Å². The minimum absolute atomic E-state index is 0.201. The van der Waals surface area contributed by atoms with Crippen molar-refractivity contribution in [2.45, 2.75) is 37.8 Å². The van der Waals surface area contributed by atoms with Crippen LogP contribution < -0.4 is 10.1 Å².